The van der Waals surface area contributed by atoms with E-state index in [1.807, 2.05) is 6.92 Å². The highest BCUT2D eigenvalue weighted by atomic mass is 35.5. The average molecular weight is 532 g/mol. The fourth-order valence-corrected chi connectivity index (χ4v) is 4.98. The summed E-state index contributed by atoms with van der Waals surface area (Å²) in [6.07, 6.45) is 0.696. The largest absolute Gasteiger partial charge is 0.507 e. The number of amides is 1. The summed E-state index contributed by atoms with van der Waals surface area (Å²) in [5, 5.41) is 11.7. The van der Waals surface area contributed by atoms with Gasteiger partial charge >= 0.3 is 0 Å². The predicted octanol–water partition coefficient (Wildman–Crippen LogP) is 3.49. The second kappa shape index (κ2) is 12.8. The van der Waals surface area contributed by atoms with Gasteiger partial charge in [-0.3, -0.25) is 9.59 Å². The van der Waals surface area contributed by atoms with E-state index in [9.17, 15) is 14.7 Å². The van der Waals surface area contributed by atoms with E-state index in [1.165, 1.54) is 30.1 Å². The Balaban J connectivity index is 2.14. The zero-order valence-corrected chi connectivity index (χ0v) is 22.9. The second-order valence-corrected chi connectivity index (χ2v) is 9.12. The number of benzene rings is 2. The van der Waals surface area contributed by atoms with Gasteiger partial charge in [0.25, 0.3) is 11.7 Å². The number of ether oxygens (including phenoxy) is 3. The third-order valence-electron chi connectivity index (χ3n) is 6.70. The molecule has 0 spiro atoms. The number of carbonyl (C=O) groups is 2. The fourth-order valence-electron chi connectivity index (χ4n) is 4.74. The highest BCUT2D eigenvalue weighted by Gasteiger charge is 2.47. The van der Waals surface area contributed by atoms with E-state index in [-0.39, 0.29) is 16.4 Å². The van der Waals surface area contributed by atoms with Gasteiger partial charge in [-0.1, -0.05) is 23.7 Å². The molecule has 8 nitrogen and oxygen atoms in total. The number of hydrogen-bond acceptors (Lipinski definition) is 6. The van der Waals surface area contributed by atoms with E-state index < -0.39 is 17.7 Å². The van der Waals surface area contributed by atoms with Crippen molar-refractivity contribution in [2.75, 3.05) is 47.0 Å². The normalized spacial score (nSPS) is 16.9. The summed E-state index contributed by atoms with van der Waals surface area (Å²) >= 11 is 6.36. The average Bonchev–Trinajstić information content (AvgIpc) is 3.16. The minimum Gasteiger partial charge on any atom is -0.507 e. The van der Waals surface area contributed by atoms with Gasteiger partial charge in [-0.25, -0.2) is 0 Å². The number of aliphatic hydroxyl groups excluding tert-OH is 1. The van der Waals surface area contributed by atoms with Crippen molar-refractivity contribution < 1.29 is 33.8 Å². The molecule has 1 aliphatic rings. The van der Waals surface area contributed by atoms with Crippen LogP contribution in [-0.2, 0) is 9.59 Å². The molecule has 200 valence electrons. The maximum absolute atomic E-state index is 13.4. The first kappa shape index (κ1) is 28.3. The van der Waals surface area contributed by atoms with Gasteiger partial charge in [0, 0.05) is 24.1 Å². The smallest absolute Gasteiger partial charge is 0.295 e. The molecule has 1 unspecified atom stereocenters. The van der Waals surface area contributed by atoms with E-state index >= 15 is 0 Å². The Hall–Kier alpha value is -3.23. The van der Waals surface area contributed by atoms with Crippen molar-refractivity contribution in [3.63, 3.8) is 0 Å². The van der Waals surface area contributed by atoms with Crippen LogP contribution in [0.1, 0.15) is 44.4 Å². The molecule has 1 aliphatic heterocycles. The zero-order chi connectivity index (χ0) is 27.1. The summed E-state index contributed by atoms with van der Waals surface area (Å²) in [7, 11) is 3.02. The molecule has 0 radical (unpaired) electrons. The molecule has 1 heterocycles. The van der Waals surface area contributed by atoms with Crippen LogP contribution in [0.4, 0.5) is 0 Å². The fraction of sp³-hybridized carbons (Fsp3) is 0.429. The van der Waals surface area contributed by atoms with Gasteiger partial charge in [0.2, 0.25) is 0 Å². The van der Waals surface area contributed by atoms with Gasteiger partial charge in [-0.05, 0) is 45.0 Å². The molecule has 37 heavy (non-hydrogen) atoms. The topological polar surface area (TPSA) is 89.7 Å². The lowest BCUT2D eigenvalue weighted by molar-refractivity contribution is -0.896. The summed E-state index contributed by atoms with van der Waals surface area (Å²) in [5.41, 5.74) is 0.840. The number of quaternary nitrogens is 1. The number of likely N-dealkylation sites (tertiary alicyclic amines) is 1. The van der Waals surface area contributed by atoms with Crippen LogP contribution < -0.4 is 19.1 Å². The minimum atomic E-state index is -0.859. The molecular formula is C28H36ClN2O6+. The number of para-hydroxylation sites is 1. The number of ketones is 1. The summed E-state index contributed by atoms with van der Waals surface area (Å²) in [4.78, 5) is 29.6. The lowest BCUT2D eigenvalue weighted by Gasteiger charge is -2.27. The Labute approximate surface area is 223 Å². The number of nitrogens with one attached hydrogen (secondary N) is 1. The Kier molecular flexibility index (Phi) is 9.83. The first-order valence-electron chi connectivity index (χ1n) is 12.6. The molecule has 1 saturated heterocycles. The molecule has 0 saturated carbocycles. The second-order valence-electron chi connectivity index (χ2n) is 8.71. The lowest BCUT2D eigenvalue weighted by atomic mass is 9.94. The molecule has 9 heteroatoms. The van der Waals surface area contributed by atoms with Crippen LogP contribution in [0, 0.1) is 0 Å². The van der Waals surface area contributed by atoms with Crippen LogP contribution in [0.15, 0.2) is 42.0 Å². The molecule has 0 aliphatic carbocycles. The van der Waals surface area contributed by atoms with Crippen LogP contribution >= 0.6 is 11.6 Å². The predicted molar refractivity (Wildman–Crippen MR) is 143 cm³/mol. The van der Waals surface area contributed by atoms with Crippen LogP contribution in [0.2, 0.25) is 5.02 Å². The van der Waals surface area contributed by atoms with Crippen LogP contribution in [-0.4, -0.2) is 68.7 Å². The van der Waals surface area contributed by atoms with Crippen molar-refractivity contribution in [3.05, 3.63) is 58.1 Å². The van der Waals surface area contributed by atoms with Gasteiger partial charge in [-0.2, -0.15) is 0 Å². The van der Waals surface area contributed by atoms with Crippen molar-refractivity contribution in [2.45, 2.75) is 33.2 Å². The highest BCUT2D eigenvalue weighted by molar-refractivity contribution is 6.46. The summed E-state index contributed by atoms with van der Waals surface area (Å²) in [6, 6.07) is 9.20. The molecule has 0 bridgehead atoms. The molecule has 1 fully saturated rings. The van der Waals surface area contributed by atoms with Gasteiger partial charge in [0.1, 0.15) is 11.5 Å². The molecule has 2 aromatic rings. The lowest BCUT2D eigenvalue weighted by Crippen LogP contribution is -3.11. The Morgan fingerprint density at radius 1 is 1.05 bits per heavy atom. The van der Waals surface area contributed by atoms with Crippen molar-refractivity contribution in [1.82, 2.24) is 4.90 Å². The number of nitrogens with zero attached hydrogens (tertiary/aromatic N) is 1. The number of carbonyl (C=O) groups excluding carboxylic acids is 2. The first-order valence-corrected chi connectivity index (χ1v) is 13.0. The number of halogens is 1. The Morgan fingerprint density at radius 2 is 1.78 bits per heavy atom. The SMILES string of the molecule is CCOc1ccc(C(O)=C2C(=O)C(=O)N(CCC[NH+](CC)CC)C2c2cccc(OC)c2OC)cc1Cl. The molecule has 0 aromatic heterocycles. The highest BCUT2D eigenvalue weighted by Crippen LogP contribution is 2.45. The number of hydrogen-bond donors (Lipinski definition) is 2. The number of Topliss-reactive ketones (excluding diaryl/α,β-unsaturated/α-hetero) is 1. The number of rotatable bonds is 12. The third kappa shape index (κ3) is 5.86. The standard InChI is InChI=1S/C28H35ClN2O6/c1-6-30(7-2)15-10-16-31-24(19-11-9-12-22(35-4)27(19)36-5)23(26(33)28(31)34)25(32)18-13-14-21(37-8-3)20(29)17-18/h9,11-14,17,24,32H,6-8,10,15-16H2,1-5H3/p+1. The van der Waals surface area contributed by atoms with Crippen molar-refractivity contribution in [2.24, 2.45) is 0 Å². The maximum Gasteiger partial charge on any atom is 0.295 e. The van der Waals surface area contributed by atoms with E-state index in [0.717, 1.165) is 19.6 Å². The van der Waals surface area contributed by atoms with Gasteiger partial charge in [-0.15, -0.1) is 0 Å². The molecule has 1 amide bonds. The van der Waals surface area contributed by atoms with Crippen LogP contribution in [0.3, 0.4) is 0 Å². The Morgan fingerprint density at radius 3 is 2.38 bits per heavy atom. The van der Waals surface area contributed by atoms with Crippen molar-refractivity contribution >= 4 is 29.1 Å². The van der Waals surface area contributed by atoms with Gasteiger partial charge < -0.3 is 29.1 Å². The molecule has 3 rings (SSSR count). The van der Waals surface area contributed by atoms with Crippen molar-refractivity contribution in [1.29, 1.82) is 0 Å². The minimum absolute atomic E-state index is 0.0213. The van der Waals surface area contributed by atoms with E-state index in [4.69, 9.17) is 25.8 Å². The van der Waals surface area contributed by atoms with E-state index in [1.54, 1.807) is 30.3 Å². The third-order valence-corrected chi connectivity index (χ3v) is 7.00. The van der Waals surface area contributed by atoms with Crippen LogP contribution in [0.5, 0.6) is 17.2 Å². The maximum atomic E-state index is 13.4. The molecule has 2 aromatic carbocycles. The van der Waals surface area contributed by atoms with Crippen molar-refractivity contribution in [3.8, 4) is 17.2 Å². The van der Waals surface area contributed by atoms with Gasteiger partial charge in [0.15, 0.2) is 11.5 Å². The van der Waals surface area contributed by atoms with E-state index in [0.29, 0.717) is 47.9 Å². The Bertz CT molecular complexity index is 1160. The number of aliphatic hydroxyl groups is 1. The molecule has 1 atom stereocenters. The summed E-state index contributed by atoms with van der Waals surface area (Å²) < 4.78 is 16.6. The summed E-state index contributed by atoms with van der Waals surface area (Å²) in [5.74, 6) is -0.411. The molecular weight excluding hydrogens is 496 g/mol. The zero-order valence-electron chi connectivity index (χ0n) is 22.1. The molecule has 2 N–H and O–H groups in total. The summed E-state index contributed by atoms with van der Waals surface area (Å²) in [6.45, 7) is 9.66. The van der Waals surface area contributed by atoms with Gasteiger partial charge in [0.05, 0.1) is 57.1 Å². The quantitative estimate of drug-likeness (QED) is 0.247. The van der Waals surface area contributed by atoms with E-state index in [2.05, 4.69) is 13.8 Å². The van der Waals surface area contributed by atoms with Crippen LogP contribution in [0.25, 0.3) is 5.76 Å². The first-order chi connectivity index (χ1) is 17.8. The number of methoxy groups -OCH3 is 2. The monoisotopic (exact) mass is 531 g/mol.